The molecule has 1 nitrogen and oxygen atoms in total. The standard InChI is InChI=1S/C15H21FO/c1-11-7-8-13(10-14(11)16)15(17)9-12-5-3-2-4-6-12/h7-8,10,12,15,17H,2-6,9H2,1H3. The van der Waals surface area contributed by atoms with Crippen molar-refractivity contribution < 1.29 is 9.50 Å². The molecule has 0 bridgehead atoms. The molecule has 0 aromatic heterocycles. The molecule has 1 aliphatic carbocycles. The lowest BCUT2D eigenvalue weighted by atomic mass is 9.84. The van der Waals surface area contributed by atoms with Crippen molar-refractivity contribution in [3.63, 3.8) is 0 Å². The molecule has 94 valence electrons. The zero-order valence-corrected chi connectivity index (χ0v) is 10.5. The molecule has 1 fully saturated rings. The molecule has 0 saturated heterocycles. The van der Waals surface area contributed by atoms with Crippen molar-refractivity contribution in [2.24, 2.45) is 5.92 Å². The third-order valence-electron chi connectivity index (χ3n) is 3.86. The van der Waals surface area contributed by atoms with E-state index in [1.807, 2.05) is 6.07 Å². The number of rotatable bonds is 3. The summed E-state index contributed by atoms with van der Waals surface area (Å²) in [6, 6.07) is 5.06. The first-order valence-electron chi connectivity index (χ1n) is 6.61. The summed E-state index contributed by atoms with van der Waals surface area (Å²) >= 11 is 0. The molecule has 0 spiro atoms. The largest absolute Gasteiger partial charge is 0.388 e. The molecule has 0 radical (unpaired) electrons. The molecule has 1 N–H and O–H groups in total. The Bertz CT molecular complexity index is 369. The van der Waals surface area contributed by atoms with Gasteiger partial charge in [0.25, 0.3) is 0 Å². The van der Waals surface area contributed by atoms with Gasteiger partial charge in [-0.15, -0.1) is 0 Å². The number of halogens is 1. The summed E-state index contributed by atoms with van der Waals surface area (Å²) in [6.07, 6.45) is 6.58. The maximum Gasteiger partial charge on any atom is 0.126 e. The van der Waals surface area contributed by atoms with Crippen molar-refractivity contribution in [1.29, 1.82) is 0 Å². The highest BCUT2D eigenvalue weighted by atomic mass is 19.1. The second-order valence-electron chi connectivity index (χ2n) is 5.26. The van der Waals surface area contributed by atoms with Crippen LogP contribution in [0.2, 0.25) is 0 Å². The van der Waals surface area contributed by atoms with Gasteiger partial charge >= 0.3 is 0 Å². The van der Waals surface area contributed by atoms with E-state index >= 15 is 0 Å². The van der Waals surface area contributed by atoms with Crippen LogP contribution in [0.1, 0.15) is 55.8 Å². The van der Waals surface area contributed by atoms with Crippen LogP contribution in [0.5, 0.6) is 0 Å². The fraction of sp³-hybridized carbons (Fsp3) is 0.600. The molecule has 1 aliphatic rings. The first kappa shape index (κ1) is 12.6. The first-order valence-corrected chi connectivity index (χ1v) is 6.61. The maximum absolute atomic E-state index is 13.4. The van der Waals surface area contributed by atoms with Gasteiger partial charge in [-0.2, -0.15) is 0 Å². The van der Waals surface area contributed by atoms with Gasteiger partial charge in [-0.25, -0.2) is 4.39 Å². The normalized spacial score (nSPS) is 19.2. The van der Waals surface area contributed by atoms with Gasteiger partial charge in [-0.05, 0) is 36.5 Å². The molecule has 2 rings (SSSR count). The van der Waals surface area contributed by atoms with Crippen LogP contribution in [0.25, 0.3) is 0 Å². The van der Waals surface area contributed by atoms with E-state index in [9.17, 15) is 9.50 Å². The highest BCUT2D eigenvalue weighted by Gasteiger charge is 2.19. The van der Waals surface area contributed by atoms with Crippen LogP contribution in [-0.4, -0.2) is 5.11 Å². The Morgan fingerprint density at radius 2 is 2.00 bits per heavy atom. The third-order valence-corrected chi connectivity index (χ3v) is 3.86. The average molecular weight is 236 g/mol. The van der Waals surface area contributed by atoms with E-state index in [4.69, 9.17) is 0 Å². The minimum atomic E-state index is -0.506. The predicted octanol–water partition coefficient (Wildman–Crippen LogP) is 4.14. The Kier molecular flexibility index (Phi) is 4.16. The number of aliphatic hydroxyl groups is 1. The summed E-state index contributed by atoms with van der Waals surface area (Å²) in [6.45, 7) is 1.74. The summed E-state index contributed by atoms with van der Waals surface area (Å²) in [5, 5.41) is 10.1. The highest BCUT2D eigenvalue weighted by molar-refractivity contribution is 5.24. The fourth-order valence-corrected chi connectivity index (χ4v) is 2.69. The Morgan fingerprint density at radius 1 is 1.29 bits per heavy atom. The fourth-order valence-electron chi connectivity index (χ4n) is 2.69. The molecule has 1 unspecified atom stereocenters. The summed E-state index contributed by atoms with van der Waals surface area (Å²) in [7, 11) is 0. The first-order chi connectivity index (χ1) is 8.16. The van der Waals surface area contributed by atoms with Crippen LogP contribution in [-0.2, 0) is 0 Å². The van der Waals surface area contributed by atoms with E-state index in [-0.39, 0.29) is 5.82 Å². The molecule has 0 heterocycles. The predicted molar refractivity (Wildman–Crippen MR) is 67.3 cm³/mol. The van der Waals surface area contributed by atoms with E-state index in [1.54, 1.807) is 13.0 Å². The van der Waals surface area contributed by atoms with Crippen LogP contribution in [0, 0.1) is 18.7 Å². The van der Waals surface area contributed by atoms with Crippen molar-refractivity contribution in [2.45, 2.75) is 51.6 Å². The second kappa shape index (κ2) is 5.63. The number of benzene rings is 1. The van der Waals surface area contributed by atoms with Crippen LogP contribution < -0.4 is 0 Å². The van der Waals surface area contributed by atoms with E-state index < -0.39 is 6.10 Å². The van der Waals surface area contributed by atoms with Gasteiger partial charge in [-0.1, -0.05) is 44.2 Å². The lowest BCUT2D eigenvalue weighted by Crippen LogP contribution is -2.11. The topological polar surface area (TPSA) is 20.2 Å². The molecular weight excluding hydrogens is 215 g/mol. The van der Waals surface area contributed by atoms with Crippen LogP contribution in [0.4, 0.5) is 4.39 Å². The van der Waals surface area contributed by atoms with Gasteiger partial charge in [0.1, 0.15) is 5.82 Å². The zero-order chi connectivity index (χ0) is 12.3. The van der Waals surface area contributed by atoms with Gasteiger partial charge < -0.3 is 5.11 Å². The molecule has 1 aromatic carbocycles. The van der Waals surface area contributed by atoms with Crippen molar-refractivity contribution >= 4 is 0 Å². The van der Waals surface area contributed by atoms with E-state index in [0.717, 1.165) is 12.0 Å². The minimum absolute atomic E-state index is 0.217. The number of hydrogen-bond donors (Lipinski definition) is 1. The van der Waals surface area contributed by atoms with Crippen molar-refractivity contribution in [3.8, 4) is 0 Å². The smallest absolute Gasteiger partial charge is 0.126 e. The van der Waals surface area contributed by atoms with E-state index in [1.165, 1.54) is 38.2 Å². The van der Waals surface area contributed by atoms with Gasteiger partial charge in [0.2, 0.25) is 0 Å². The summed E-state index contributed by atoms with van der Waals surface area (Å²) in [4.78, 5) is 0. The minimum Gasteiger partial charge on any atom is -0.388 e. The monoisotopic (exact) mass is 236 g/mol. The summed E-state index contributed by atoms with van der Waals surface area (Å²) < 4.78 is 13.4. The molecule has 0 aliphatic heterocycles. The summed E-state index contributed by atoms with van der Waals surface area (Å²) in [5.74, 6) is 0.397. The number of hydrogen-bond acceptors (Lipinski definition) is 1. The quantitative estimate of drug-likeness (QED) is 0.836. The second-order valence-corrected chi connectivity index (χ2v) is 5.26. The third kappa shape index (κ3) is 3.29. The Hall–Kier alpha value is -0.890. The lowest BCUT2D eigenvalue weighted by molar-refractivity contribution is 0.131. The van der Waals surface area contributed by atoms with Gasteiger partial charge in [0.05, 0.1) is 6.10 Å². The zero-order valence-electron chi connectivity index (χ0n) is 10.5. The van der Waals surface area contributed by atoms with Crippen molar-refractivity contribution in [1.82, 2.24) is 0 Å². The van der Waals surface area contributed by atoms with Gasteiger partial charge in [0, 0.05) is 0 Å². The molecular formula is C15H21FO. The van der Waals surface area contributed by atoms with Crippen LogP contribution in [0.3, 0.4) is 0 Å². The molecule has 0 amide bonds. The number of aryl methyl sites for hydroxylation is 1. The maximum atomic E-state index is 13.4. The molecule has 2 heteroatoms. The summed E-state index contributed by atoms with van der Waals surface area (Å²) in [5.41, 5.74) is 1.36. The average Bonchev–Trinajstić information content (AvgIpc) is 2.34. The van der Waals surface area contributed by atoms with Gasteiger partial charge in [0.15, 0.2) is 0 Å². The molecule has 1 aromatic rings. The SMILES string of the molecule is Cc1ccc(C(O)CC2CCCCC2)cc1F. The number of aliphatic hydroxyl groups excluding tert-OH is 1. The van der Waals surface area contributed by atoms with Crippen LogP contribution in [0.15, 0.2) is 18.2 Å². The van der Waals surface area contributed by atoms with E-state index in [2.05, 4.69) is 0 Å². The molecule has 1 atom stereocenters. The van der Waals surface area contributed by atoms with E-state index in [0.29, 0.717) is 11.5 Å². The lowest BCUT2D eigenvalue weighted by Gasteiger charge is -2.24. The Labute approximate surface area is 103 Å². The van der Waals surface area contributed by atoms with Gasteiger partial charge in [-0.3, -0.25) is 0 Å². The highest BCUT2D eigenvalue weighted by Crippen LogP contribution is 2.32. The Morgan fingerprint density at radius 3 is 2.65 bits per heavy atom. The van der Waals surface area contributed by atoms with Crippen molar-refractivity contribution in [2.75, 3.05) is 0 Å². The molecule has 17 heavy (non-hydrogen) atoms. The van der Waals surface area contributed by atoms with Crippen LogP contribution >= 0.6 is 0 Å². The molecule has 1 saturated carbocycles. The Balaban J connectivity index is 1.98. The van der Waals surface area contributed by atoms with Crippen molar-refractivity contribution in [3.05, 3.63) is 35.1 Å².